The first-order chi connectivity index (χ1) is 15.1. The number of hydrogen-bond acceptors (Lipinski definition) is 4. The Bertz CT molecular complexity index is 1100. The summed E-state index contributed by atoms with van der Waals surface area (Å²) in [6.45, 7) is 1.91. The van der Waals surface area contributed by atoms with Crippen molar-refractivity contribution in [3.63, 3.8) is 0 Å². The Hall–Kier alpha value is -3.12. The molecule has 4 rings (SSSR count). The van der Waals surface area contributed by atoms with Crippen LogP contribution in [0.3, 0.4) is 0 Å². The maximum absolute atomic E-state index is 11.4. The minimum Gasteiger partial charge on any atom is -0.493 e. The molecule has 0 spiro atoms. The molecular formula is C25H26N2O3S. The second kappa shape index (κ2) is 9.35. The van der Waals surface area contributed by atoms with Crippen molar-refractivity contribution in [3.05, 3.63) is 71.8 Å². The van der Waals surface area contributed by atoms with Gasteiger partial charge in [-0.05, 0) is 47.4 Å². The van der Waals surface area contributed by atoms with Crippen molar-refractivity contribution >= 4 is 33.9 Å². The fourth-order valence-electron chi connectivity index (χ4n) is 4.04. The van der Waals surface area contributed by atoms with Gasteiger partial charge in [-0.15, -0.1) is 0 Å². The summed E-state index contributed by atoms with van der Waals surface area (Å²) < 4.78 is 11.7. The third-order valence-corrected chi connectivity index (χ3v) is 6.35. The fourth-order valence-corrected chi connectivity index (χ4v) is 4.35. The number of hydrogen-bond donors (Lipinski definition) is 1. The van der Waals surface area contributed by atoms with Crippen LogP contribution in [0.25, 0.3) is 10.8 Å². The normalized spacial score (nSPS) is 14.4. The van der Waals surface area contributed by atoms with Crippen molar-refractivity contribution in [2.75, 3.05) is 20.2 Å². The molecule has 1 saturated heterocycles. The first kappa shape index (κ1) is 21.1. The molecule has 3 aromatic rings. The number of fused-ring (bicyclic) bond motifs is 1. The number of rotatable bonds is 6. The molecule has 1 heterocycles. The average molecular weight is 435 g/mol. The zero-order valence-corrected chi connectivity index (χ0v) is 18.4. The van der Waals surface area contributed by atoms with Gasteiger partial charge in [-0.2, -0.15) is 0 Å². The largest absolute Gasteiger partial charge is 0.493 e. The van der Waals surface area contributed by atoms with Gasteiger partial charge in [-0.25, -0.2) is 0 Å². The molecular weight excluding hydrogens is 408 g/mol. The van der Waals surface area contributed by atoms with Gasteiger partial charge >= 0.3 is 0 Å². The molecule has 0 radical (unpaired) electrons. The molecule has 0 bridgehead atoms. The molecule has 160 valence electrons. The Morgan fingerprint density at radius 3 is 2.55 bits per heavy atom. The van der Waals surface area contributed by atoms with E-state index in [1.165, 1.54) is 10.8 Å². The average Bonchev–Trinajstić information content (AvgIpc) is 2.82. The summed E-state index contributed by atoms with van der Waals surface area (Å²) in [5.74, 6) is 1.04. The van der Waals surface area contributed by atoms with E-state index >= 15 is 0 Å². The summed E-state index contributed by atoms with van der Waals surface area (Å²) in [6.07, 6.45) is 1.47. The summed E-state index contributed by atoms with van der Waals surface area (Å²) in [5, 5.41) is 2.37. The quantitative estimate of drug-likeness (QED) is 0.586. The number of nitrogens with zero attached hydrogens (tertiary/aromatic N) is 1. The molecule has 0 saturated carbocycles. The lowest BCUT2D eigenvalue weighted by atomic mass is 9.96. The summed E-state index contributed by atoms with van der Waals surface area (Å²) in [5.41, 5.74) is 7.46. The molecule has 2 N–H and O–H groups in total. The number of thiocarbonyl (C=S) groups is 1. The van der Waals surface area contributed by atoms with Crippen LogP contribution in [0.1, 0.15) is 24.0 Å². The number of ether oxygens (including phenoxy) is 2. The van der Waals surface area contributed by atoms with Crippen LogP contribution in [0.15, 0.2) is 60.7 Å². The van der Waals surface area contributed by atoms with Gasteiger partial charge in [0.05, 0.1) is 7.11 Å². The molecule has 0 aromatic heterocycles. The van der Waals surface area contributed by atoms with Crippen molar-refractivity contribution in [3.8, 4) is 11.5 Å². The van der Waals surface area contributed by atoms with Gasteiger partial charge in [0.2, 0.25) is 5.91 Å². The highest BCUT2D eigenvalue weighted by Crippen LogP contribution is 2.31. The number of piperidine rings is 1. The van der Waals surface area contributed by atoms with Crippen LogP contribution in [0.5, 0.6) is 11.5 Å². The molecule has 5 nitrogen and oxygen atoms in total. The first-order valence-electron chi connectivity index (χ1n) is 10.4. The van der Waals surface area contributed by atoms with E-state index in [1.807, 2.05) is 36.4 Å². The van der Waals surface area contributed by atoms with E-state index in [9.17, 15) is 4.79 Å². The monoisotopic (exact) mass is 434 g/mol. The maximum Gasteiger partial charge on any atom is 0.220 e. The van der Waals surface area contributed by atoms with Gasteiger partial charge in [-0.3, -0.25) is 4.79 Å². The van der Waals surface area contributed by atoms with E-state index in [4.69, 9.17) is 27.4 Å². The van der Waals surface area contributed by atoms with Crippen LogP contribution in [0, 0.1) is 5.92 Å². The fraction of sp³-hybridized carbons (Fsp3) is 0.280. The van der Waals surface area contributed by atoms with Gasteiger partial charge in [0.25, 0.3) is 0 Å². The van der Waals surface area contributed by atoms with Crippen molar-refractivity contribution < 1.29 is 14.3 Å². The predicted octanol–water partition coefficient (Wildman–Crippen LogP) is 4.30. The Balaban J connectivity index is 1.47. The smallest absolute Gasteiger partial charge is 0.220 e. The van der Waals surface area contributed by atoms with E-state index in [-0.39, 0.29) is 11.8 Å². The molecule has 1 aliphatic heterocycles. The molecule has 31 heavy (non-hydrogen) atoms. The van der Waals surface area contributed by atoms with Crippen molar-refractivity contribution in [1.29, 1.82) is 0 Å². The number of carbonyl (C=O) groups excluding carboxylic acids is 1. The maximum atomic E-state index is 11.4. The van der Waals surface area contributed by atoms with Crippen molar-refractivity contribution in [2.24, 2.45) is 11.7 Å². The van der Waals surface area contributed by atoms with E-state index in [2.05, 4.69) is 29.2 Å². The number of benzene rings is 3. The lowest BCUT2D eigenvalue weighted by Crippen LogP contribution is -2.41. The number of carbonyl (C=O) groups is 1. The number of amides is 1. The number of nitrogens with two attached hydrogens (primary N) is 1. The second-order valence-electron chi connectivity index (χ2n) is 7.76. The van der Waals surface area contributed by atoms with Crippen LogP contribution in [0.2, 0.25) is 0 Å². The molecule has 6 heteroatoms. The van der Waals surface area contributed by atoms with Crippen LogP contribution >= 0.6 is 12.2 Å². The summed E-state index contributed by atoms with van der Waals surface area (Å²) in [4.78, 5) is 14.3. The summed E-state index contributed by atoms with van der Waals surface area (Å²) in [6, 6.07) is 20.3. The lowest BCUT2D eigenvalue weighted by molar-refractivity contribution is -0.122. The number of primary amides is 1. The molecule has 1 amide bonds. The standard InChI is InChI=1S/C25H26N2O3S/c1-29-23-15-19(25(31)27-13-11-18(12-14-27)24(26)28)9-10-22(23)30-16-20-7-4-6-17-5-2-3-8-21(17)20/h2-10,15,18H,11-14,16H2,1H3,(H2,26,28). The molecule has 0 unspecified atom stereocenters. The highest BCUT2D eigenvalue weighted by molar-refractivity contribution is 7.80. The van der Waals surface area contributed by atoms with Crippen LogP contribution in [-0.2, 0) is 11.4 Å². The first-order valence-corrected chi connectivity index (χ1v) is 10.8. The van der Waals surface area contributed by atoms with Crippen LogP contribution in [-0.4, -0.2) is 36.0 Å². The topological polar surface area (TPSA) is 64.8 Å². The van der Waals surface area contributed by atoms with E-state index in [1.54, 1.807) is 7.11 Å². The zero-order valence-electron chi connectivity index (χ0n) is 17.5. The summed E-state index contributed by atoms with van der Waals surface area (Å²) in [7, 11) is 1.63. The van der Waals surface area contributed by atoms with Crippen molar-refractivity contribution in [2.45, 2.75) is 19.4 Å². The van der Waals surface area contributed by atoms with E-state index < -0.39 is 0 Å². The third kappa shape index (κ3) is 4.64. The Morgan fingerprint density at radius 1 is 1.06 bits per heavy atom. The molecule has 1 aliphatic rings. The van der Waals surface area contributed by atoms with E-state index in [0.717, 1.165) is 42.0 Å². The van der Waals surface area contributed by atoms with Crippen LogP contribution < -0.4 is 15.2 Å². The van der Waals surface area contributed by atoms with Gasteiger partial charge in [0.15, 0.2) is 11.5 Å². The third-order valence-electron chi connectivity index (χ3n) is 5.86. The number of likely N-dealkylation sites (tertiary alicyclic amines) is 1. The predicted molar refractivity (Wildman–Crippen MR) is 126 cm³/mol. The minimum atomic E-state index is -0.222. The molecule has 0 aliphatic carbocycles. The molecule has 1 fully saturated rings. The zero-order chi connectivity index (χ0) is 21.8. The summed E-state index contributed by atoms with van der Waals surface area (Å²) >= 11 is 5.70. The van der Waals surface area contributed by atoms with E-state index in [0.29, 0.717) is 18.1 Å². The van der Waals surface area contributed by atoms with Gasteiger partial charge in [-0.1, -0.05) is 54.7 Å². The Kier molecular flexibility index (Phi) is 6.37. The molecule has 0 atom stereocenters. The minimum absolute atomic E-state index is 0.0570. The number of methoxy groups -OCH3 is 1. The highest BCUT2D eigenvalue weighted by Gasteiger charge is 2.25. The Morgan fingerprint density at radius 2 is 1.81 bits per heavy atom. The van der Waals surface area contributed by atoms with Crippen molar-refractivity contribution in [1.82, 2.24) is 4.90 Å². The highest BCUT2D eigenvalue weighted by atomic mass is 32.1. The van der Waals surface area contributed by atoms with Gasteiger partial charge in [0.1, 0.15) is 11.6 Å². The van der Waals surface area contributed by atoms with Gasteiger partial charge in [0, 0.05) is 24.6 Å². The van der Waals surface area contributed by atoms with Crippen LogP contribution in [0.4, 0.5) is 0 Å². The SMILES string of the molecule is COc1cc(C(=S)N2CCC(C(N)=O)CC2)ccc1OCc1cccc2ccccc12. The second-order valence-corrected chi connectivity index (χ2v) is 8.15. The molecule has 3 aromatic carbocycles. The Labute approximate surface area is 187 Å². The lowest BCUT2D eigenvalue weighted by Gasteiger charge is -2.32. The van der Waals surface area contributed by atoms with Gasteiger partial charge < -0.3 is 20.1 Å².